The van der Waals surface area contributed by atoms with Crippen LogP contribution in [0.2, 0.25) is 0 Å². The molecule has 1 amide bonds. The molecule has 18 heavy (non-hydrogen) atoms. The van der Waals surface area contributed by atoms with Crippen LogP contribution >= 0.6 is 0 Å². The standard InChI is InChI=1S/C14H23N3O/c1-11(2)17-13(9-10-15-17)16-14(18)8-7-12-5-3-4-6-12/h9-12H,3-8H2,1-2H3,(H,16,18). The minimum atomic E-state index is 0.115. The van der Waals surface area contributed by atoms with Crippen molar-refractivity contribution < 1.29 is 4.79 Å². The van der Waals surface area contributed by atoms with Gasteiger partial charge in [-0.2, -0.15) is 5.10 Å². The summed E-state index contributed by atoms with van der Waals surface area (Å²) in [6.07, 6.45) is 8.68. The summed E-state index contributed by atoms with van der Waals surface area (Å²) >= 11 is 0. The van der Waals surface area contributed by atoms with Gasteiger partial charge in [0, 0.05) is 18.5 Å². The first-order chi connectivity index (χ1) is 8.66. The zero-order valence-corrected chi connectivity index (χ0v) is 11.4. The topological polar surface area (TPSA) is 46.9 Å². The lowest BCUT2D eigenvalue weighted by Gasteiger charge is -2.12. The van der Waals surface area contributed by atoms with Gasteiger partial charge in [0.2, 0.25) is 5.91 Å². The second kappa shape index (κ2) is 6.03. The Bertz CT molecular complexity index is 391. The van der Waals surface area contributed by atoms with Crippen LogP contribution in [0.25, 0.3) is 0 Å². The maximum absolute atomic E-state index is 11.9. The van der Waals surface area contributed by atoms with E-state index in [4.69, 9.17) is 0 Å². The van der Waals surface area contributed by atoms with Crippen LogP contribution in [-0.2, 0) is 4.79 Å². The molecule has 0 spiro atoms. The van der Waals surface area contributed by atoms with E-state index in [0.717, 1.165) is 18.2 Å². The minimum Gasteiger partial charge on any atom is -0.311 e. The van der Waals surface area contributed by atoms with Crippen molar-refractivity contribution in [2.45, 2.75) is 58.4 Å². The van der Waals surface area contributed by atoms with Gasteiger partial charge in [0.1, 0.15) is 5.82 Å². The largest absolute Gasteiger partial charge is 0.311 e. The maximum Gasteiger partial charge on any atom is 0.225 e. The first-order valence-electron chi connectivity index (χ1n) is 7.00. The average molecular weight is 249 g/mol. The lowest BCUT2D eigenvalue weighted by Crippen LogP contribution is -2.17. The van der Waals surface area contributed by atoms with Crippen molar-refractivity contribution in [3.05, 3.63) is 12.3 Å². The van der Waals surface area contributed by atoms with E-state index in [1.165, 1.54) is 25.7 Å². The van der Waals surface area contributed by atoms with E-state index in [2.05, 4.69) is 24.3 Å². The molecule has 100 valence electrons. The van der Waals surface area contributed by atoms with Crippen LogP contribution in [0.3, 0.4) is 0 Å². The molecule has 0 saturated heterocycles. The molecule has 1 saturated carbocycles. The SMILES string of the molecule is CC(C)n1nccc1NC(=O)CCC1CCCC1. The molecule has 0 bridgehead atoms. The highest BCUT2D eigenvalue weighted by molar-refractivity contribution is 5.89. The van der Waals surface area contributed by atoms with Crippen molar-refractivity contribution in [2.75, 3.05) is 5.32 Å². The van der Waals surface area contributed by atoms with Crippen molar-refractivity contribution in [2.24, 2.45) is 5.92 Å². The van der Waals surface area contributed by atoms with Crippen LogP contribution < -0.4 is 5.32 Å². The molecule has 4 nitrogen and oxygen atoms in total. The highest BCUT2D eigenvalue weighted by atomic mass is 16.1. The fourth-order valence-corrected chi connectivity index (χ4v) is 2.66. The number of carbonyl (C=O) groups is 1. The third-order valence-electron chi connectivity index (χ3n) is 3.68. The molecule has 1 aliphatic carbocycles. The highest BCUT2D eigenvalue weighted by Crippen LogP contribution is 2.28. The van der Waals surface area contributed by atoms with E-state index in [0.29, 0.717) is 6.42 Å². The predicted molar refractivity (Wildman–Crippen MR) is 72.4 cm³/mol. The highest BCUT2D eigenvalue weighted by Gasteiger charge is 2.16. The van der Waals surface area contributed by atoms with Crippen LogP contribution in [-0.4, -0.2) is 15.7 Å². The molecule has 0 atom stereocenters. The summed E-state index contributed by atoms with van der Waals surface area (Å²) in [5.41, 5.74) is 0. The van der Waals surface area contributed by atoms with Gasteiger partial charge in [-0.1, -0.05) is 25.7 Å². The maximum atomic E-state index is 11.9. The Labute approximate surface area is 109 Å². The quantitative estimate of drug-likeness (QED) is 0.869. The third-order valence-corrected chi connectivity index (χ3v) is 3.68. The molecule has 0 unspecified atom stereocenters. The number of hydrogen-bond donors (Lipinski definition) is 1. The molecule has 1 aromatic heterocycles. The zero-order chi connectivity index (χ0) is 13.0. The Morgan fingerprint density at radius 1 is 1.50 bits per heavy atom. The molecular formula is C14H23N3O. The van der Waals surface area contributed by atoms with E-state index in [1.807, 2.05) is 10.7 Å². The molecule has 0 aliphatic heterocycles. The summed E-state index contributed by atoms with van der Waals surface area (Å²) in [6, 6.07) is 2.12. The van der Waals surface area contributed by atoms with Gasteiger partial charge < -0.3 is 5.32 Å². The van der Waals surface area contributed by atoms with Gasteiger partial charge in [-0.05, 0) is 26.2 Å². The van der Waals surface area contributed by atoms with Crippen molar-refractivity contribution in [1.82, 2.24) is 9.78 Å². The molecule has 1 fully saturated rings. The average Bonchev–Trinajstić information content (AvgIpc) is 2.96. The number of hydrogen-bond acceptors (Lipinski definition) is 2. The van der Waals surface area contributed by atoms with Gasteiger partial charge in [0.25, 0.3) is 0 Å². The molecular weight excluding hydrogens is 226 g/mol. The first-order valence-corrected chi connectivity index (χ1v) is 7.00. The van der Waals surface area contributed by atoms with Gasteiger partial charge in [-0.3, -0.25) is 4.79 Å². The fraction of sp³-hybridized carbons (Fsp3) is 0.714. The molecule has 0 radical (unpaired) electrons. The van der Waals surface area contributed by atoms with Gasteiger partial charge in [-0.25, -0.2) is 4.68 Å². The molecule has 2 rings (SSSR count). The number of nitrogens with one attached hydrogen (secondary N) is 1. The normalized spacial score (nSPS) is 16.4. The molecule has 1 heterocycles. The Morgan fingerprint density at radius 3 is 2.89 bits per heavy atom. The van der Waals surface area contributed by atoms with Crippen LogP contribution in [0, 0.1) is 5.92 Å². The number of nitrogens with zero attached hydrogens (tertiary/aromatic N) is 2. The second-order valence-electron chi connectivity index (χ2n) is 5.49. The van der Waals surface area contributed by atoms with Crippen LogP contribution in [0.15, 0.2) is 12.3 Å². The summed E-state index contributed by atoms with van der Waals surface area (Å²) in [4.78, 5) is 11.9. The second-order valence-corrected chi connectivity index (χ2v) is 5.49. The lowest BCUT2D eigenvalue weighted by atomic mass is 10.0. The third kappa shape index (κ3) is 3.34. The van der Waals surface area contributed by atoms with E-state index >= 15 is 0 Å². The van der Waals surface area contributed by atoms with Gasteiger partial charge in [0.15, 0.2) is 0 Å². The predicted octanol–water partition coefficient (Wildman–Crippen LogP) is 3.37. The number of rotatable bonds is 5. The van der Waals surface area contributed by atoms with E-state index in [-0.39, 0.29) is 11.9 Å². The lowest BCUT2D eigenvalue weighted by molar-refractivity contribution is -0.116. The Kier molecular flexibility index (Phi) is 4.39. The van der Waals surface area contributed by atoms with Crippen molar-refractivity contribution >= 4 is 11.7 Å². The molecule has 4 heteroatoms. The molecule has 1 aliphatic rings. The molecule has 1 aromatic rings. The van der Waals surface area contributed by atoms with Crippen LogP contribution in [0.5, 0.6) is 0 Å². The Morgan fingerprint density at radius 2 is 2.22 bits per heavy atom. The molecule has 0 aromatic carbocycles. The van der Waals surface area contributed by atoms with Crippen molar-refractivity contribution in [3.63, 3.8) is 0 Å². The first kappa shape index (κ1) is 13.1. The van der Waals surface area contributed by atoms with Crippen LogP contribution in [0.4, 0.5) is 5.82 Å². The fourth-order valence-electron chi connectivity index (χ4n) is 2.66. The number of aromatic nitrogens is 2. The minimum absolute atomic E-state index is 0.115. The Hall–Kier alpha value is -1.32. The zero-order valence-electron chi connectivity index (χ0n) is 11.4. The number of amides is 1. The smallest absolute Gasteiger partial charge is 0.225 e. The van der Waals surface area contributed by atoms with Gasteiger partial charge in [-0.15, -0.1) is 0 Å². The van der Waals surface area contributed by atoms with Crippen molar-refractivity contribution in [1.29, 1.82) is 0 Å². The summed E-state index contributed by atoms with van der Waals surface area (Å²) in [6.45, 7) is 4.11. The van der Waals surface area contributed by atoms with Crippen LogP contribution in [0.1, 0.15) is 58.4 Å². The molecule has 1 N–H and O–H groups in total. The van der Waals surface area contributed by atoms with E-state index in [1.54, 1.807) is 6.20 Å². The summed E-state index contributed by atoms with van der Waals surface area (Å²) in [5, 5.41) is 7.17. The Balaban J connectivity index is 1.81. The summed E-state index contributed by atoms with van der Waals surface area (Å²) in [5.74, 6) is 1.69. The van der Waals surface area contributed by atoms with E-state index in [9.17, 15) is 4.79 Å². The van der Waals surface area contributed by atoms with Crippen molar-refractivity contribution in [3.8, 4) is 0 Å². The summed E-state index contributed by atoms with van der Waals surface area (Å²) < 4.78 is 1.84. The van der Waals surface area contributed by atoms with Gasteiger partial charge in [0.05, 0.1) is 6.20 Å². The van der Waals surface area contributed by atoms with E-state index < -0.39 is 0 Å². The summed E-state index contributed by atoms with van der Waals surface area (Å²) in [7, 11) is 0. The monoisotopic (exact) mass is 249 g/mol. The number of anilines is 1. The number of carbonyl (C=O) groups excluding carboxylic acids is 1. The van der Waals surface area contributed by atoms with Gasteiger partial charge >= 0.3 is 0 Å².